The molecular formula is C59H44F2N4O+2. The summed E-state index contributed by atoms with van der Waals surface area (Å²) in [5.74, 6) is 1.55. The van der Waals surface area contributed by atoms with Crippen molar-refractivity contribution in [1.29, 1.82) is 0 Å². The molecule has 10 aromatic rings. The fraction of sp³-hybridized carbons (Fsp3) is 0.0847. The normalized spacial score (nSPS) is 12.3. The number of pyridine rings is 1. The Morgan fingerprint density at radius 3 is 1.85 bits per heavy atom. The first-order valence-corrected chi connectivity index (χ1v) is 22.1. The van der Waals surface area contributed by atoms with Crippen LogP contribution in [0.1, 0.15) is 31.9 Å². The molecule has 0 atom stereocenters. The number of ether oxygens (including phenoxy) is 1. The monoisotopic (exact) mass is 862 g/mol. The number of aryl methyl sites for hydroxylation is 1. The summed E-state index contributed by atoms with van der Waals surface area (Å²) in [5.41, 5.74) is 13.2. The minimum absolute atomic E-state index is 0.0524. The molecule has 1 aliphatic heterocycles. The highest BCUT2D eigenvalue weighted by Gasteiger charge is 2.39. The van der Waals surface area contributed by atoms with E-state index in [0.717, 1.165) is 89.3 Å². The van der Waals surface area contributed by atoms with E-state index in [1.807, 2.05) is 48.7 Å². The lowest BCUT2D eigenvalue weighted by Crippen LogP contribution is -2.12. The van der Waals surface area contributed by atoms with Gasteiger partial charge in [0.25, 0.3) is 11.4 Å². The topological polar surface area (TPSA) is 33.1 Å². The summed E-state index contributed by atoms with van der Waals surface area (Å²) in [6.07, 6.45) is 1.89. The van der Waals surface area contributed by atoms with Crippen LogP contribution >= 0.6 is 0 Å². The average molecular weight is 863 g/mol. The van der Waals surface area contributed by atoms with Gasteiger partial charge in [-0.3, -0.25) is 4.57 Å². The lowest BCUT2D eigenvalue weighted by atomic mass is 9.88. The molecule has 0 fully saturated rings. The number of rotatable bonds is 8. The second-order valence-electron chi connectivity index (χ2n) is 17.8. The summed E-state index contributed by atoms with van der Waals surface area (Å²) < 4.78 is 42.0. The summed E-state index contributed by atoms with van der Waals surface area (Å²) in [6, 6.07) is 64.7. The van der Waals surface area contributed by atoms with Crippen LogP contribution in [-0.4, -0.2) is 15.6 Å². The van der Waals surface area contributed by atoms with Crippen molar-refractivity contribution in [2.75, 3.05) is 0 Å². The SMILES string of the molecule is Cc1ccccc1-c1cc(Oc2ccc3c4ccccc4n(-c4cc(C(C)(C)C)ccn4)c3c2)cc([N+]2=C=[N+](c3c(-c4ccc(F)cc4)cccc3-c3ccc(F)cc3)c3ccccc32)c1. The van der Waals surface area contributed by atoms with Crippen molar-refractivity contribution in [2.24, 2.45) is 0 Å². The van der Waals surface area contributed by atoms with E-state index in [4.69, 9.17) is 9.72 Å². The van der Waals surface area contributed by atoms with Gasteiger partial charge in [-0.1, -0.05) is 106 Å². The highest BCUT2D eigenvalue weighted by molar-refractivity contribution is 6.09. The van der Waals surface area contributed by atoms with Gasteiger partial charge in [0.15, 0.2) is 0 Å². The molecule has 66 heavy (non-hydrogen) atoms. The summed E-state index contributed by atoms with van der Waals surface area (Å²) in [6.45, 7) is 8.77. The van der Waals surface area contributed by atoms with Crippen LogP contribution in [-0.2, 0) is 5.41 Å². The molecule has 0 saturated carbocycles. The van der Waals surface area contributed by atoms with Crippen molar-refractivity contribution >= 4 is 50.6 Å². The van der Waals surface area contributed by atoms with E-state index in [9.17, 15) is 8.78 Å². The zero-order chi connectivity index (χ0) is 45.1. The van der Waals surface area contributed by atoms with Gasteiger partial charge in [-0.15, -0.1) is 0 Å². The average Bonchev–Trinajstić information content (AvgIpc) is 3.88. The molecule has 1 aliphatic rings. The second-order valence-corrected chi connectivity index (χ2v) is 17.8. The van der Waals surface area contributed by atoms with Crippen molar-refractivity contribution in [2.45, 2.75) is 33.1 Å². The molecule has 0 amide bonds. The van der Waals surface area contributed by atoms with Gasteiger partial charge in [0.1, 0.15) is 29.0 Å². The van der Waals surface area contributed by atoms with Crippen LogP contribution in [0.15, 0.2) is 194 Å². The van der Waals surface area contributed by atoms with Crippen LogP contribution in [0.4, 0.5) is 31.5 Å². The van der Waals surface area contributed by atoms with Crippen molar-refractivity contribution < 1.29 is 13.5 Å². The first-order valence-electron chi connectivity index (χ1n) is 22.1. The highest BCUT2D eigenvalue weighted by Crippen LogP contribution is 2.46. The summed E-state index contributed by atoms with van der Waals surface area (Å²) >= 11 is 0. The van der Waals surface area contributed by atoms with Crippen LogP contribution in [0.5, 0.6) is 11.5 Å². The van der Waals surface area contributed by atoms with E-state index >= 15 is 0 Å². The Labute approximate surface area is 382 Å². The largest absolute Gasteiger partial charge is 0.503 e. The molecule has 2 aromatic heterocycles. The van der Waals surface area contributed by atoms with E-state index in [1.165, 1.54) is 29.8 Å². The van der Waals surface area contributed by atoms with Gasteiger partial charge in [0.2, 0.25) is 11.4 Å². The predicted molar refractivity (Wildman–Crippen MR) is 266 cm³/mol. The third-order valence-electron chi connectivity index (χ3n) is 12.5. The molecule has 0 N–H and O–H groups in total. The Balaban J connectivity index is 1.11. The van der Waals surface area contributed by atoms with Gasteiger partial charge in [-0.05, 0) is 128 Å². The maximum absolute atomic E-state index is 14.3. The van der Waals surface area contributed by atoms with Crippen molar-refractivity contribution in [3.8, 4) is 50.7 Å². The van der Waals surface area contributed by atoms with Gasteiger partial charge < -0.3 is 4.74 Å². The third kappa shape index (κ3) is 7.26. The molecule has 318 valence electrons. The lowest BCUT2D eigenvalue weighted by molar-refractivity contribution is 0.483. The van der Waals surface area contributed by atoms with E-state index in [-0.39, 0.29) is 17.0 Å². The van der Waals surface area contributed by atoms with Gasteiger partial charge >= 0.3 is 6.01 Å². The molecule has 11 rings (SSSR count). The quantitative estimate of drug-likeness (QED) is 0.143. The standard InChI is InChI=1S/C59H44F2N4O/c1-38-12-5-6-13-48(38)41-32-45(35-47(33-41)66-46-28-29-52-51-14-7-8-17-53(51)65(56(52)36-46)57-34-42(30-31-62-57)59(2,3)4)63-37-64(55-19-10-9-18-54(55)63)58-49(39-20-24-43(60)25-21-39)15-11-16-50(58)40-22-26-44(61)27-23-40/h5-36H,1-4H3/q+2. The molecule has 3 heterocycles. The van der Waals surface area contributed by atoms with E-state index < -0.39 is 0 Å². The predicted octanol–water partition coefficient (Wildman–Crippen LogP) is 15.7. The van der Waals surface area contributed by atoms with Crippen molar-refractivity contribution in [3.05, 3.63) is 217 Å². The summed E-state index contributed by atoms with van der Waals surface area (Å²) in [5, 5.41) is 2.24. The first-order chi connectivity index (χ1) is 32.1. The number of hydrogen-bond acceptors (Lipinski definition) is 2. The Morgan fingerprint density at radius 1 is 0.530 bits per heavy atom. The molecule has 5 nitrogen and oxygen atoms in total. The molecule has 0 radical (unpaired) electrons. The molecule has 0 unspecified atom stereocenters. The number of fused-ring (bicyclic) bond motifs is 4. The minimum Gasteiger partial charge on any atom is -0.457 e. The van der Waals surface area contributed by atoms with Crippen LogP contribution < -0.4 is 13.9 Å². The Morgan fingerprint density at radius 2 is 1.15 bits per heavy atom. The maximum Gasteiger partial charge on any atom is 0.503 e. The molecule has 7 heteroatoms. The van der Waals surface area contributed by atoms with Crippen LogP contribution in [0.3, 0.4) is 0 Å². The van der Waals surface area contributed by atoms with Gasteiger partial charge in [0, 0.05) is 41.2 Å². The van der Waals surface area contributed by atoms with Crippen molar-refractivity contribution in [1.82, 2.24) is 18.7 Å². The number of benzene rings is 8. The van der Waals surface area contributed by atoms with E-state index in [1.54, 1.807) is 24.3 Å². The molecule has 8 aromatic carbocycles. The summed E-state index contributed by atoms with van der Waals surface area (Å²) in [4.78, 5) is 4.89. The van der Waals surface area contributed by atoms with Crippen LogP contribution in [0.25, 0.3) is 61.0 Å². The van der Waals surface area contributed by atoms with Crippen LogP contribution in [0, 0.1) is 18.6 Å². The Bertz CT molecular complexity index is 3550. The molecule has 0 aliphatic carbocycles. The maximum atomic E-state index is 14.3. The minimum atomic E-state index is -0.317. The lowest BCUT2D eigenvalue weighted by Gasteiger charge is -2.20. The first kappa shape index (κ1) is 40.5. The molecular weight excluding hydrogens is 819 g/mol. The van der Waals surface area contributed by atoms with Crippen molar-refractivity contribution in [3.63, 3.8) is 0 Å². The third-order valence-corrected chi connectivity index (χ3v) is 12.5. The van der Waals surface area contributed by atoms with Gasteiger partial charge in [-0.25, -0.2) is 13.8 Å². The summed E-state index contributed by atoms with van der Waals surface area (Å²) in [7, 11) is 0. The highest BCUT2D eigenvalue weighted by atomic mass is 19.1. The second kappa shape index (κ2) is 16.1. The number of aromatic nitrogens is 2. The fourth-order valence-corrected chi connectivity index (χ4v) is 9.15. The molecule has 0 saturated heterocycles. The van der Waals surface area contributed by atoms with Gasteiger partial charge in [0.05, 0.1) is 28.2 Å². The zero-order valence-corrected chi connectivity index (χ0v) is 36.9. The van der Waals surface area contributed by atoms with E-state index in [2.05, 4.69) is 144 Å². The number of hydrogen-bond donors (Lipinski definition) is 0. The van der Waals surface area contributed by atoms with Gasteiger partial charge in [-0.2, -0.15) is 0 Å². The molecule has 0 spiro atoms. The number of halogens is 2. The fourth-order valence-electron chi connectivity index (χ4n) is 9.15. The van der Waals surface area contributed by atoms with E-state index in [0.29, 0.717) is 11.5 Å². The number of para-hydroxylation sites is 4. The Kier molecular flexibility index (Phi) is 9.87. The smallest absolute Gasteiger partial charge is 0.457 e. The van der Waals surface area contributed by atoms with Crippen LogP contribution in [0.2, 0.25) is 0 Å². The molecule has 0 bridgehead atoms. The Hall–Kier alpha value is -8.25. The zero-order valence-electron chi connectivity index (χ0n) is 36.9. The number of nitrogens with zero attached hydrogens (tertiary/aromatic N) is 4.